The molecule has 0 radical (unpaired) electrons. The Labute approximate surface area is 122 Å². The summed E-state index contributed by atoms with van der Waals surface area (Å²) in [5, 5.41) is 0. The van der Waals surface area contributed by atoms with E-state index in [4.69, 9.17) is 5.84 Å². The Hall–Kier alpha value is -0.450. The number of nitrogens with two attached hydrogens (primary N) is 1. The van der Waals surface area contributed by atoms with Crippen molar-refractivity contribution >= 4 is 15.9 Å². The number of halogens is 2. The van der Waals surface area contributed by atoms with Gasteiger partial charge in [-0.2, -0.15) is 0 Å². The van der Waals surface area contributed by atoms with Gasteiger partial charge in [0.25, 0.3) is 0 Å². The van der Waals surface area contributed by atoms with Gasteiger partial charge in [0, 0.05) is 6.04 Å². The molecule has 0 aromatic heterocycles. The molecule has 0 bridgehead atoms. The summed E-state index contributed by atoms with van der Waals surface area (Å²) in [5.41, 5.74) is 4.13. The SMILES string of the molecule is NNC(Cc1ccc(F)c(Br)c1)C1C2CCCCC21. The van der Waals surface area contributed by atoms with Gasteiger partial charge in [0.15, 0.2) is 0 Å². The highest BCUT2D eigenvalue weighted by Gasteiger charge is 2.53. The maximum atomic E-state index is 13.2. The molecule has 0 heterocycles. The van der Waals surface area contributed by atoms with Gasteiger partial charge >= 0.3 is 0 Å². The molecule has 2 saturated carbocycles. The quantitative estimate of drug-likeness (QED) is 0.657. The molecule has 3 atom stereocenters. The van der Waals surface area contributed by atoms with Crippen LogP contribution in [0.1, 0.15) is 31.2 Å². The fourth-order valence-electron chi connectivity index (χ4n) is 3.87. The highest BCUT2D eigenvalue weighted by atomic mass is 79.9. The highest BCUT2D eigenvalue weighted by molar-refractivity contribution is 9.10. The van der Waals surface area contributed by atoms with Crippen LogP contribution in [0, 0.1) is 23.6 Å². The first-order valence-electron chi connectivity index (χ1n) is 7.10. The first-order chi connectivity index (χ1) is 9.20. The molecule has 2 aliphatic rings. The Morgan fingerprint density at radius 3 is 2.58 bits per heavy atom. The molecule has 1 aromatic rings. The van der Waals surface area contributed by atoms with Crippen LogP contribution in [0.5, 0.6) is 0 Å². The Bertz CT molecular complexity index is 453. The molecular formula is C15H20BrFN2. The maximum absolute atomic E-state index is 13.2. The van der Waals surface area contributed by atoms with Crippen LogP contribution in [0.3, 0.4) is 0 Å². The van der Waals surface area contributed by atoms with Crippen LogP contribution in [-0.4, -0.2) is 6.04 Å². The molecule has 0 spiro atoms. The summed E-state index contributed by atoms with van der Waals surface area (Å²) >= 11 is 3.24. The molecule has 0 saturated heterocycles. The molecule has 0 amide bonds. The van der Waals surface area contributed by atoms with Crippen LogP contribution < -0.4 is 11.3 Å². The highest BCUT2D eigenvalue weighted by Crippen LogP contribution is 2.57. The van der Waals surface area contributed by atoms with E-state index in [9.17, 15) is 4.39 Å². The van der Waals surface area contributed by atoms with Gasteiger partial charge in [-0.3, -0.25) is 11.3 Å². The Morgan fingerprint density at radius 1 is 1.32 bits per heavy atom. The van der Waals surface area contributed by atoms with E-state index in [1.54, 1.807) is 0 Å². The van der Waals surface area contributed by atoms with Crippen LogP contribution in [-0.2, 0) is 6.42 Å². The lowest BCUT2D eigenvalue weighted by Gasteiger charge is -2.16. The minimum atomic E-state index is -0.207. The van der Waals surface area contributed by atoms with Crippen molar-refractivity contribution in [3.63, 3.8) is 0 Å². The van der Waals surface area contributed by atoms with E-state index in [-0.39, 0.29) is 5.82 Å². The summed E-state index contributed by atoms with van der Waals surface area (Å²) in [7, 11) is 0. The van der Waals surface area contributed by atoms with Gasteiger partial charge in [-0.25, -0.2) is 4.39 Å². The zero-order chi connectivity index (χ0) is 13.4. The average Bonchev–Trinajstić information content (AvgIpc) is 3.14. The third-order valence-corrected chi connectivity index (χ3v) is 5.45. The third kappa shape index (κ3) is 2.71. The number of hydrogen-bond acceptors (Lipinski definition) is 2. The number of nitrogens with one attached hydrogen (secondary N) is 1. The Kier molecular flexibility index (Phi) is 3.92. The second-order valence-corrected chi connectivity index (χ2v) is 6.77. The lowest BCUT2D eigenvalue weighted by molar-refractivity contribution is 0.436. The maximum Gasteiger partial charge on any atom is 0.137 e. The second kappa shape index (κ2) is 5.51. The standard InChI is InChI=1S/C15H20BrFN2/c16-12-7-9(5-6-13(12)17)8-14(19-18)15-10-3-1-2-4-11(10)15/h5-7,10-11,14-15,19H,1-4,8,18H2. The predicted molar refractivity (Wildman–Crippen MR) is 77.9 cm³/mol. The molecule has 0 aliphatic heterocycles. The molecule has 2 aliphatic carbocycles. The van der Waals surface area contributed by atoms with Crippen molar-refractivity contribution in [1.82, 2.24) is 5.43 Å². The van der Waals surface area contributed by atoms with Crippen molar-refractivity contribution < 1.29 is 4.39 Å². The van der Waals surface area contributed by atoms with E-state index in [1.165, 1.54) is 31.7 Å². The van der Waals surface area contributed by atoms with Crippen molar-refractivity contribution in [2.24, 2.45) is 23.6 Å². The number of fused-ring (bicyclic) bond motifs is 1. The molecular weight excluding hydrogens is 307 g/mol. The Morgan fingerprint density at radius 2 is 2.00 bits per heavy atom. The summed E-state index contributed by atoms with van der Waals surface area (Å²) in [6.45, 7) is 0. The molecule has 104 valence electrons. The molecule has 3 unspecified atom stereocenters. The van der Waals surface area contributed by atoms with Gasteiger partial charge in [0.05, 0.1) is 4.47 Å². The van der Waals surface area contributed by atoms with E-state index in [0.717, 1.165) is 29.7 Å². The zero-order valence-corrected chi connectivity index (χ0v) is 12.5. The van der Waals surface area contributed by atoms with Crippen molar-refractivity contribution in [2.75, 3.05) is 0 Å². The summed E-state index contributed by atoms with van der Waals surface area (Å²) in [5.74, 6) is 8.01. The monoisotopic (exact) mass is 326 g/mol. The topological polar surface area (TPSA) is 38.0 Å². The molecule has 2 fully saturated rings. The number of benzene rings is 1. The van der Waals surface area contributed by atoms with Gasteiger partial charge in [-0.05, 0) is 70.6 Å². The Balaban J connectivity index is 1.68. The van der Waals surface area contributed by atoms with Crippen molar-refractivity contribution in [1.29, 1.82) is 0 Å². The minimum absolute atomic E-state index is 0.207. The van der Waals surface area contributed by atoms with E-state index in [1.807, 2.05) is 12.1 Å². The van der Waals surface area contributed by atoms with Gasteiger partial charge in [0.1, 0.15) is 5.82 Å². The average molecular weight is 327 g/mol. The largest absolute Gasteiger partial charge is 0.271 e. The van der Waals surface area contributed by atoms with Gasteiger partial charge in [-0.1, -0.05) is 18.9 Å². The fourth-order valence-corrected chi connectivity index (χ4v) is 4.30. The molecule has 3 rings (SSSR count). The molecule has 2 nitrogen and oxygen atoms in total. The van der Waals surface area contributed by atoms with Crippen LogP contribution in [0.15, 0.2) is 22.7 Å². The second-order valence-electron chi connectivity index (χ2n) is 5.92. The van der Waals surface area contributed by atoms with Gasteiger partial charge < -0.3 is 0 Å². The van der Waals surface area contributed by atoms with E-state index >= 15 is 0 Å². The van der Waals surface area contributed by atoms with E-state index in [2.05, 4.69) is 21.4 Å². The minimum Gasteiger partial charge on any atom is -0.271 e. The van der Waals surface area contributed by atoms with Crippen molar-refractivity contribution in [3.05, 3.63) is 34.1 Å². The van der Waals surface area contributed by atoms with Crippen molar-refractivity contribution in [3.8, 4) is 0 Å². The number of hydrazine groups is 1. The lowest BCUT2D eigenvalue weighted by Crippen LogP contribution is -2.39. The molecule has 4 heteroatoms. The van der Waals surface area contributed by atoms with Crippen molar-refractivity contribution in [2.45, 2.75) is 38.1 Å². The van der Waals surface area contributed by atoms with Gasteiger partial charge in [-0.15, -0.1) is 0 Å². The zero-order valence-electron chi connectivity index (χ0n) is 10.9. The van der Waals surface area contributed by atoms with E-state index < -0.39 is 0 Å². The molecule has 1 aromatic carbocycles. The molecule has 19 heavy (non-hydrogen) atoms. The first-order valence-corrected chi connectivity index (χ1v) is 7.90. The summed E-state index contributed by atoms with van der Waals surface area (Å²) in [6.07, 6.45) is 6.35. The normalized spacial score (nSPS) is 30.8. The van der Waals surface area contributed by atoms with Crippen LogP contribution >= 0.6 is 15.9 Å². The van der Waals surface area contributed by atoms with Crippen LogP contribution in [0.4, 0.5) is 4.39 Å². The predicted octanol–water partition coefficient (Wildman–Crippen LogP) is 3.40. The number of hydrogen-bond donors (Lipinski definition) is 2. The van der Waals surface area contributed by atoms with Gasteiger partial charge in [0.2, 0.25) is 0 Å². The third-order valence-electron chi connectivity index (χ3n) is 4.84. The number of rotatable bonds is 4. The lowest BCUT2D eigenvalue weighted by atomic mass is 10.0. The fraction of sp³-hybridized carbons (Fsp3) is 0.600. The smallest absolute Gasteiger partial charge is 0.137 e. The first kappa shape index (κ1) is 13.5. The van der Waals surface area contributed by atoms with Crippen LogP contribution in [0.2, 0.25) is 0 Å². The van der Waals surface area contributed by atoms with E-state index in [0.29, 0.717) is 10.5 Å². The summed E-state index contributed by atoms with van der Waals surface area (Å²) < 4.78 is 13.8. The summed E-state index contributed by atoms with van der Waals surface area (Å²) in [6, 6.07) is 5.57. The summed E-state index contributed by atoms with van der Waals surface area (Å²) in [4.78, 5) is 0. The molecule has 3 N–H and O–H groups in total. The van der Waals surface area contributed by atoms with Crippen LogP contribution in [0.25, 0.3) is 0 Å².